The number of hydrogen-bond acceptors (Lipinski definition) is 5. The molecule has 1 saturated heterocycles. The Labute approximate surface area is 185 Å². The van der Waals surface area contributed by atoms with E-state index in [2.05, 4.69) is 24.1 Å². The van der Waals surface area contributed by atoms with E-state index in [1.807, 2.05) is 6.92 Å². The fourth-order valence-electron chi connectivity index (χ4n) is 4.57. The molecule has 0 radical (unpaired) electrons. The van der Waals surface area contributed by atoms with E-state index in [0.29, 0.717) is 12.1 Å². The van der Waals surface area contributed by atoms with Crippen molar-refractivity contribution in [2.75, 3.05) is 6.54 Å². The summed E-state index contributed by atoms with van der Waals surface area (Å²) in [6, 6.07) is 5.81. The Morgan fingerprint density at radius 3 is 2.59 bits per heavy atom. The van der Waals surface area contributed by atoms with E-state index < -0.39 is 23.0 Å². The van der Waals surface area contributed by atoms with E-state index in [-0.39, 0.29) is 41.9 Å². The van der Waals surface area contributed by atoms with Crippen molar-refractivity contribution in [3.8, 4) is 5.75 Å². The van der Waals surface area contributed by atoms with E-state index in [1.54, 1.807) is 4.90 Å². The third-order valence-corrected chi connectivity index (χ3v) is 6.31. The molecule has 2 amide bonds. The van der Waals surface area contributed by atoms with Crippen molar-refractivity contribution in [1.29, 1.82) is 0 Å². The topological polar surface area (TPSA) is 94.9 Å². The maximum atomic E-state index is 13.3. The van der Waals surface area contributed by atoms with Gasteiger partial charge < -0.3 is 19.9 Å². The number of hydrogen-bond donors (Lipinski definition) is 2. The molecule has 2 N–H and O–H groups in total. The minimum absolute atomic E-state index is 0.0237. The molecule has 2 atom stereocenters. The third kappa shape index (κ3) is 3.77. The molecule has 32 heavy (non-hydrogen) atoms. The predicted molar refractivity (Wildman–Crippen MR) is 116 cm³/mol. The van der Waals surface area contributed by atoms with Crippen LogP contribution in [0.4, 0.5) is 4.39 Å². The van der Waals surface area contributed by atoms with Crippen LogP contribution in [0.2, 0.25) is 0 Å². The van der Waals surface area contributed by atoms with Crippen LogP contribution in [-0.4, -0.2) is 56.1 Å². The largest absolute Gasteiger partial charge is 0.503 e. The van der Waals surface area contributed by atoms with Crippen LogP contribution in [0.1, 0.15) is 53.6 Å². The monoisotopic (exact) mass is 442 g/mol. The summed E-state index contributed by atoms with van der Waals surface area (Å²) < 4.78 is 14.6. The van der Waals surface area contributed by atoms with Gasteiger partial charge in [-0.25, -0.2) is 4.39 Å². The lowest BCUT2D eigenvalue weighted by Gasteiger charge is -2.51. The molecule has 2 aromatic rings. The molecule has 2 unspecified atom stereocenters. The lowest BCUT2D eigenvalue weighted by molar-refractivity contribution is -0.0454. The van der Waals surface area contributed by atoms with Gasteiger partial charge in [0, 0.05) is 31.4 Å². The Morgan fingerprint density at radius 1 is 1.25 bits per heavy atom. The van der Waals surface area contributed by atoms with Gasteiger partial charge in [0.25, 0.3) is 11.8 Å². The number of pyridine rings is 1. The number of benzene rings is 1. The maximum absolute atomic E-state index is 13.3. The van der Waals surface area contributed by atoms with Crippen LogP contribution in [-0.2, 0) is 13.1 Å². The summed E-state index contributed by atoms with van der Waals surface area (Å²) in [6.45, 7) is 7.35. The van der Waals surface area contributed by atoms with Crippen LogP contribution < -0.4 is 10.7 Å². The minimum atomic E-state index is -0.884. The Balaban J connectivity index is 1.66. The number of carbonyl (C=O) groups is 2. The Kier molecular flexibility index (Phi) is 5.77. The molecule has 170 valence electrons. The van der Waals surface area contributed by atoms with Gasteiger partial charge in [-0.3, -0.25) is 19.3 Å². The minimum Gasteiger partial charge on any atom is -0.503 e. The van der Waals surface area contributed by atoms with Gasteiger partial charge in [-0.2, -0.15) is 0 Å². The third-order valence-electron chi connectivity index (χ3n) is 6.31. The van der Waals surface area contributed by atoms with Gasteiger partial charge in [-0.1, -0.05) is 12.1 Å². The van der Waals surface area contributed by atoms with Crippen molar-refractivity contribution in [1.82, 2.24) is 19.7 Å². The standard InChI is InChI=1S/C23H27FN4O4/c1-13(2)27-9-8-14(3)28-18(27)12-26-11-17(20(29)21(30)19(26)23(28)32)22(31)25-10-15-4-6-16(24)7-5-15/h4-7,11,13-14,18,30H,8-10,12H2,1-3H3,(H,25,31). The van der Waals surface area contributed by atoms with Gasteiger partial charge in [-0.05, 0) is 44.9 Å². The summed E-state index contributed by atoms with van der Waals surface area (Å²) >= 11 is 0. The molecule has 4 rings (SSSR count). The molecule has 1 aromatic heterocycles. The molecule has 2 aliphatic heterocycles. The predicted octanol–water partition coefficient (Wildman–Crippen LogP) is 1.91. The van der Waals surface area contributed by atoms with Gasteiger partial charge in [0.05, 0.1) is 6.54 Å². The highest BCUT2D eigenvalue weighted by Crippen LogP contribution is 2.31. The van der Waals surface area contributed by atoms with E-state index in [1.165, 1.54) is 35.0 Å². The number of amides is 2. The van der Waals surface area contributed by atoms with Crippen molar-refractivity contribution in [3.63, 3.8) is 0 Å². The van der Waals surface area contributed by atoms with Gasteiger partial charge >= 0.3 is 0 Å². The number of aromatic nitrogens is 1. The van der Waals surface area contributed by atoms with Gasteiger partial charge in [-0.15, -0.1) is 0 Å². The number of nitrogens with one attached hydrogen (secondary N) is 1. The summed E-state index contributed by atoms with van der Waals surface area (Å²) in [6.07, 6.45) is 1.93. The zero-order valence-electron chi connectivity index (χ0n) is 18.3. The smallest absolute Gasteiger partial charge is 0.276 e. The molecule has 1 fully saturated rings. The molecule has 0 aliphatic carbocycles. The first-order chi connectivity index (χ1) is 15.2. The van der Waals surface area contributed by atoms with E-state index in [4.69, 9.17) is 0 Å². The lowest BCUT2D eigenvalue weighted by atomic mass is 10.0. The second-order valence-corrected chi connectivity index (χ2v) is 8.69. The van der Waals surface area contributed by atoms with Crippen molar-refractivity contribution >= 4 is 11.8 Å². The fourth-order valence-corrected chi connectivity index (χ4v) is 4.57. The first kappa shape index (κ1) is 22.0. The van der Waals surface area contributed by atoms with Crippen LogP contribution >= 0.6 is 0 Å². The van der Waals surface area contributed by atoms with E-state index in [0.717, 1.165) is 13.0 Å². The molecule has 0 bridgehead atoms. The van der Waals surface area contributed by atoms with Gasteiger partial charge in [0.2, 0.25) is 5.43 Å². The highest BCUT2D eigenvalue weighted by molar-refractivity contribution is 5.99. The number of carbonyl (C=O) groups excluding carboxylic acids is 2. The number of rotatable bonds is 4. The number of halogens is 1. The molecule has 2 aliphatic rings. The Bertz CT molecular complexity index is 1110. The highest BCUT2D eigenvalue weighted by Gasteiger charge is 2.44. The van der Waals surface area contributed by atoms with Crippen LogP contribution in [0, 0.1) is 5.82 Å². The summed E-state index contributed by atoms with van der Waals surface area (Å²) in [5.41, 5.74) is -0.546. The Morgan fingerprint density at radius 2 is 1.94 bits per heavy atom. The van der Waals surface area contributed by atoms with E-state index in [9.17, 15) is 23.9 Å². The van der Waals surface area contributed by atoms with Crippen LogP contribution in [0.25, 0.3) is 0 Å². The average Bonchev–Trinajstić information content (AvgIpc) is 2.75. The molecular formula is C23H27FN4O4. The molecule has 0 saturated carbocycles. The zero-order valence-corrected chi connectivity index (χ0v) is 18.3. The molecule has 8 nitrogen and oxygen atoms in total. The van der Waals surface area contributed by atoms with Gasteiger partial charge in [0.1, 0.15) is 17.5 Å². The molecule has 0 spiro atoms. The van der Waals surface area contributed by atoms with Gasteiger partial charge in [0.15, 0.2) is 11.4 Å². The van der Waals surface area contributed by atoms with Crippen molar-refractivity contribution in [3.05, 3.63) is 63.3 Å². The first-order valence-corrected chi connectivity index (χ1v) is 10.8. The molecule has 3 heterocycles. The number of fused-ring (bicyclic) bond motifs is 2. The van der Waals surface area contributed by atoms with Crippen LogP contribution in [0.3, 0.4) is 0 Å². The quantitative estimate of drug-likeness (QED) is 0.754. The molecule has 9 heteroatoms. The van der Waals surface area contributed by atoms with E-state index >= 15 is 0 Å². The highest BCUT2D eigenvalue weighted by atomic mass is 19.1. The number of nitrogens with zero attached hydrogens (tertiary/aromatic N) is 3. The first-order valence-electron chi connectivity index (χ1n) is 10.8. The molecular weight excluding hydrogens is 415 g/mol. The second kappa shape index (κ2) is 8.38. The van der Waals surface area contributed by atoms with Crippen molar-refractivity contribution in [2.24, 2.45) is 0 Å². The Hall–Kier alpha value is -3.20. The lowest BCUT2D eigenvalue weighted by Crippen LogP contribution is -2.65. The summed E-state index contributed by atoms with van der Waals surface area (Å²) in [5, 5.41) is 13.2. The summed E-state index contributed by atoms with van der Waals surface area (Å²) in [7, 11) is 0. The SMILES string of the molecule is CC(C)N1CCC(C)N2C(=O)c3c(O)c(=O)c(C(=O)NCc4ccc(F)cc4)cn3CC12. The zero-order chi connectivity index (χ0) is 23.2. The average molecular weight is 442 g/mol. The summed E-state index contributed by atoms with van der Waals surface area (Å²) in [4.78, 5) is 42.7. The fraction of sp³-hybridized carbons (Fsp3) is 0.435. The normalized spacial score (nSPS) is 20.8. The van der Waals surface area contributed by atoms with Crippen molar-refractivity contribution < 1.29 is 19.1 Å². The maximum Gasteiger partial charge on any atom is 0.276 e. The van der Waals surface area contributed by atoms with Crippen LogP contribution in [0.5, 0.6) is 5.75 Å². The second-order valence-electron chi connectivity index (χ2n) is 8.69. The van der Waals surface area contributed by atoms with Crippen molar-refractivity contribution in [2.45, 2.75) is 58.5 Å². The molecule has 1 aromatic carbocycles. The summed E-state index contributed by atoms with van der Waals surface area (Å²) in [5.74, 6) is -2.18. The number of aromatic hydroxyl groups is 1. The van der Waals surface area contributed by atoms with Crippen LogP contribution in [0.15, 0.2) is 35.3 Å².